The molecular weight excluding hydrogens is 430 g/mol. The fourth-order valence-corrected chi connectivity index (χ4v) is 4.50. The van der Waals surface area contributed by atoms with Crippen LogP contribution in [-0.2, 0) is 4.79 Å². The summed E-state index contributed by atoms with van der Waals surface area (Å²) in [6, 6.07) is 14.3. The summed E-state index contributed by atoms with van der Waals surface area (Å²) in [6.45, 7) is 6.77. The van der Waals surface area contributed by atoms with Crippen LogP contribution >= 0.6 is 0 Å². The number of amides is 1. The molecule has 1 unspecified atom stereocenters. The molecule has 2 heterocycles. The number of ketones is 1. The van der Waals surface area contributed by atoms with Gasteiger partial charge < -0.3 is 19.2 Å². The highest BCUT2D eigenvalue weighted by molar-refractivity contribution is 6.16. The Morgan fingerprint density at radius 1 is 1.15 bits per heavy atom. The largest absolute Gasteiger partial charge is 0.503 e. The highest BCUT2D eigenvalue weighted by atomic mass is 16.5. The van der Waals surface area contributed by atoms with Crippen molar-refractivity contribution in [1.82, 2.24) is 4.90 Å². The molecule has 0 bridgehead atoms. The number of Topliss-reactive ketones (excluding diaryl/α,β-unsaturated/α-hetero) is 1. The molecule has 1 atom stereocenters. The number of fused-ring (bicyclic) bond motifs is 1. The number of hydrogen-bond donors (Lipinski definition) is 1. The number of unbranched alkanes of at least 4 members (excludes halogenated alkanes) is 2. The summed E-state index contributed by atoms with van der Waals surface area (Å²) < 4.78 is 11.2. The van der Waals surface area contributed by atoms with Crippen LogP contribution in [0.5, 0.6) is 5.75 Å². The molecule has 1 aliphatic heterocycles. The molecule has 178 valence electrons. The normalized spacial score (nSPS) is 16.2. The van der Waals surface area contributed by atoms with E-state index in [0.717, 1.165) is 30.4 Å². The van der Waals surface area contributed by atoms with Gasteiger partial charge in [0, 0.05) is 11.9 Å². The summed E-state index contributed by atoms with van der Waals surface area (Å²) >= 11 is 0. The highest BCUT2D eigenvalue weighted by Crippen LogP contribution is 2.40. The van der Waals surface area contributed by atoms with E-state index < -0.39 is 23.5 Å². The molecule has 4 rings (SSSR count). The second kappa shape index (κ2) is 9.75. The first kappa shape index (κ1) is 23.6. The molecule has 0 aliphatic carbocycles. The van der Waals surface area contributed by atoms with Crippen LogP contribution < -0.4 is 4.74 Å². The van der Waals surface area contributed by atoms with E-state index in [1.54, 1.807) is 17.0 Å². The predicted molar refractivity (Wildman–Crippen MR) is 131 cm³/mol. The van der Waals surface area contributed by atoms with Crippen molar-refractivity contribution in [3.63, 3.8) is 0 Å². The van der Waals surface area contributed by atoms with Crippen LogP contribution in [0, 0.1) is 0 Å². The van der Waals surface area contributed by atoms with Gasteiger partial charge in [0.2, 0.25) is 5.78 Å². The quantitative estimate of drug-likeness (QED) is 0.297. The van der Waals surface area contributed by atoms with Gasteiger partial charge in [0.15, 0.2) is 22.9 Å². The molecule has 0 fully saturated rings. The summed E-state index contributed by atoms with van der Waals surface area (Å²) in [6.07, 6.45) is 2.75. The lowest BCUT2D eigenvalue weighted by Gasteiger charge is -2.27. The molecule has 1 aliphatic rings. The van der Waals surface area contributed by atoms with Crippen molar-refractivity contribution in [3.05, 3.63) is 76.8 Å². The number of aliphatic hydroxyl groups is 1. The lowest BCUT2D eigenvalue weighted by molar-refractivity contribution is -0.129. The maximum absolute atomic E-state index is 13.7. The Hall–Kier alpha value is -3.54. The van der Waals surface area contributed by atoms with E-state index >= 15 is 0 Å². The second-order valence-electron chi connectivity index (χ2n) is 9.01. The number of ether oxygens (including phenoxy) is 1. The van der Waals surface area contributed by atoms with Crippen LogP contribution in [-0.4, -0.2) is 35.4 Å². The van der Waals surface area contributed by atoms with Crippen molar-refractivity contribution in [1.29, 1.82) is 0 Å². The van der Waals surface area contributed by atoms with Crippen molar-refractivity contribution in [2.24, 2.45) is 0 Å². The Morgan fingerprint density at radius 3 is 2.53 bits per heavy atom. The van der Waals surface area contributed by atoms with Crippen molar-refractivity contribution in [3.8, 4) is 5.75 Å². The molecular formula is C28H31NO5. The maximum Gasteiger partial charge on any atom is 0.290 e. The van der Waals surface area contributed by atoms with E-state index in [9.17, 15) is 14.7 Å². The zero-order valence-electron chi connectivity index (χ0n) is 20.1. The summed E-state index contributed by atoms with van der Waals surface area (Å²) in [5, 5.41) is 11.6. The minimum atomic E-state index is -0.673. The first-order valence-electron chi connectivity index (χ1n) is 11.8. The van der Waals surface area contributed by atoms with Crippen LogP contribution in [0.2, 0.25) is 0 Å². The summed E-state index contributed by atoms with van der Waals surface area (Å²) in [5.74, 6) is -0.596. The van der Waals surface area contributed by atoms with E-state index in [4.69, 9.17) is 9.15 Å². The number of rotatable bonds is 9. The standard InChI is InChI=1S/C28H31NO5/c1-5-6-7-15-29-24(19-13-11-18(12-14-19)17(2)3)23(26(31)28(29)32)25(30)22-16-20-9-8-10-21(33-4)27(20)34-22/h8-14,16-17,24,31H,5-7,15H2,1-4H3. The first-order valence-corrected chi connectivity index (χ1v) is 11.8. The molecule has 6 heteroatoms. The zero-order chi connectivity index (χ0) is 24.4. The fourth-order valence-electron chi connectivity index (χ4n) is 4.50. The van der Waals surface area contributed by atoms with Crippen molar-refractivity contribution < 1.29 is 23.8 Å². The number of benzene rings is 2. The average molecular weight is 462 g/mol. The zero-order valence-corrected chi connectivity index (χ0v) is 20.1. The van der Waals surface area contributed by atoms with Gasteiger partial charge in [-0.05, 0) is 35.6 Å². The molecule has 1 aromatic heterocycles. The van der Waals surface area contributed by atoms with Gasteiger partial charge in [-0.25, -0.2) is 0 Å². The van der Waals surface area contributed by atoms with Crippen molar-refractivity contribution >= 4 is 22.7 Å². The molecule has 0 spiro atoms. The van der Waals surface area contributed by atoms with Crippen LogP contribution in [0.15, 0.2) is 64.3 Å². The van der Waals surface area contributed by atoms with Crippen LogP contribution in [0.1, 0.15) is 73.7 Å². The third kappa shape index (κ3) is 4.20. The number of furan rings is 1. The molecule has 2 aromatic carbocycles. The first-order chi connectivity index (χ1) is 16.4. The number of nitrogens with zero attached hydrogens (tertiary/aromatic N) is 1. The monoisotopic (exact) mass is 461 g/mol. The molecule has 0 saturated heterocycles. The maximum atomic E-state index is 13.7. The summed E-state index contributed by atoms with van der Waals surface area (Å²) in [7, 11) is 1.54. The third-order valence-corrected chi connectivity index (χ3v) is 6.42. The Balaban J connectivity index is 1.77. The number of para-hydroxylation sites is 1. The van der Waals surface area contributed by atoms with E-state index in [2.05, 4.69) is 20.8 Å². The lowest BCUT2D eigenvalue weighted by Crippen LogP contribution is -2.32. The van der Waals surface area contributed by atoms with Crippen LogP contribution in [0.25, 0.3) is 11.0 Å². The molecule has 6 nitrogen and oxygen atoms in total. The smallest absolute Gasteiger partial charge is 0.290 e. The Labute approximate surface area is 199 Å². The number of carbonyl (C=O) groups is 2. The van der Waals surface area contributed by atoms with Gasteiger partial charge >= 0.3 is 0 Å². The van der Waals surface area contributed by atoms with Crippen molar-refractivity contribution in [2.75, 3.05) is 13.7 Å². The molecule has 3 aromatic rings. The molecule has 1 amide bonds. The van der Waals surface area contributed by atoms with Gasteiger partial charge in [0.05, 0.1) is 18.7 Å². The minimum Gasteiger partial charge on any atom is -0.503 e. The Kier molecular flexibility index (Phi) is 6.77. The summed E-state index contributed by atoms with van der Waals surface area (Å²) in [4.78, 5) is 28.4. The van der Waals surface area contributed by atoms with Gasteiger partial charge in [-0.2, -0.15) is 0 Å². The molecule has 0 radical (unpaired) electrons. The predicted octanol–water partition coefficient (Wildman–Crippen LogP) is 6.33. The average Bonchev–Trinajstić information content (AvgIpc) is 3.38. The van der Waals surface area contributed by atoms with E-state index in [0.29, 0.717) is 29.2 Å². The minimum absolute atomic E-state index is 0.0526. The van der Waals surface area contributed by atoms with Crippen molar-refractivity contribution in [2.45, 2.75) is 52.0 Å². The Morgan fingerprint density at radius 2 is 1.88 bits per heavy atom. The topological polar surface area (TPSA) is 80.0 Å². The summed E-state index contributed by atoms with van der Waals surface area (Å²) in [5.41, 5.74) is 2.46. The number of hydrogen-bond acceptors (Lipinski definition) is 5. The van der Waals surface area contributed by atoms with E-state index in [1.165, 1.54) is 7.11 Å². The van der Waals surface area contributed by atoms with Gasteiger partial charge in [0.1, 0.15) is 0 Å². The molecule has 34 heavy (non-hydrogen) atoms. The highest BCUT2D eigenvalue weighted by Gasteiger charge is 2.44. The van der Waals surface area contributed by atoms with Crippen LogP contribution in [0.4, 0.5) is 0 Å². The Bertz CT molecular complexity index is 1240. The van der Waals surface area contributed by atoms with Crippen LogP contribution in [0.3, 0.4) is 0 Å². The fraction of sp³-hybridized carbons (Fsp3) is 0.357. The van der Waals surface area contributed by atoms with Gasteiger partial charge in [-0.15, -0.1) is 0 Å². The van der Waals surface area contributed by atoms with E-state index in [1.807, 2.05) is 36.4 Å². The molecule has 1 N–H and O–H groups in total. The third-order valence-electron chi connectivity index (χ3n) is 6.42. The van der Waals surface area contributed by atoms with Gasteiger partial charge in [-0.1, -0.05) is 70.0 Å². The number of aliphatic hydroxyl groups excluding tert-OH is 1. The van der Waals surface area contributed by atoms with Gasteiger partial charge in [0.25, 0.3) is 5.91 Å². The lowest BCUT2D eigenvalue weighted by atomic mass is 9.92. The van der Waals surface area contributed by atoms with Gasteiger partial charge in [-0.3, -0.25) is 9.59 Å². The van der Waals surface area contributed by atoms with E-state index in [-0.39, 0.29) is 11.3 Å². The second-order valence-corrected chi connectivity index (χ2v) is 9.01. The number of carbonyl (C=O) groups excluding carboxylic acids is 2. The SMILES string of the molecule is CCCCCN1C(=O)C(O)=C(C(=O)c2cc3cccc(OC)c3o2)C1c1ccc(C(C)C)cc1. The number of methoxy groups -OCH3 is 1. The molecule has 0 saturated carbocycles.